The molecule has 1 amide bonds. The van der Waals surface area contributed by atoms with Crippen molar-refractivity contribution in [1.29, 1.82) is 0 Å². The van der Waals surface area contributed by atoms with E-state index in [1.807, 2.05) is 42.1 Å². The predicted molar refractivity (Wildman–Crippen MR) is 155 cm³/mol. The van der Waals surface area contributed by atoms with E-state index < -0.39 is 11.6 Å². The number of aliphatic hydroxyl groups is 1. The molecule has 1 N–H and O–H groups in total. The number of thiophene rings is 1. The number of carbonyl (C=O) groups excluding carboxylic acids is 1. The molecule has 4 aromatic heterocycles. The van der Waals surface area contributed by atoms with Crippen LogP contribution in [0.15, 0.2) is 54.6 Å². The summed E-state index contributed by atoms with van der Waals surface area (Å²) in [6.07, 6.45) is 2.90. The van der Waals surface area contributed by atoms with Crippen molar-refractivity contribution >= 4 is 27.3 Å². The summed E-state index contributed by atoms with van der Waals surface area (Å²) in [4.78, 5) is 19.2. The highest BCUT2D eigenvalue weighted by Gasteiger charge is 2.30. The van der Waals surface area contributed by atoms with Gasteiger partial charge in [0, 0.05) is 39.9 Å². The zero-order chi connectivity index (χ0) is 29.5. The minimum atomic E-state index is -0.838. The Balaban J connectivity index is 1.65. The van der Waals surface area contributed by atoms with Gasteiger partial charge in [-0.3, -0.25) is 9.48 Å². The molecule has 214 valence electrons. The summed E-state index contributed by atoms with van der Waals surface area (Å²) in [6.45, 7) is 7.66. The largest absolute Gasteiger partial charge is 0.490 e. The summed E-state index contributed by atoms with van der Waals surface area (Å²) < 4.78 is 38.4. The van der Waals surface area contributed by atoms with Crippen LogP contribution >= 0.6 is 11.3 Å². The number of fused-ring (bicyclic) bond motifs is 2. The van der Waals surface area contributed by atoms with Crippen molar-refractivity contribution < 1.29 is 23.4 Å². The van der Waals surface area contributed by atoms with Crippen LogP contribution in [-0.2, 0) is 11.3 Å². The third kappa shape index (κ3) is 4.82. The van der Waals surface area contributed by atoms with E-state index in [0.717, 1.165) is 28.8 Å². The molecule has 1 aromatic carbocycles. The third-order valence-electron chi connectivity index (χ3n) is 7.07. The Kier molecular flexibility index (Phi) is 7.25. The van der Waals surface area contributed by atoms with E-state index in [2.05, 4.69) is 16.8 Å². The van der Waals surface area contributed by atoms with Crippen molar-refractivity contribution in [3.8, 4) is 39.5 Å². The second kappa shape index (κ2) is 11.0. The summed E-state index contributed by atoms with van der Waals surface area (Å²) in [7, 11) is 0. The van der Waals surface area contributed by atoms with Crippen LogP contribution in [0, 0.1) is 18.6 Å². The molecule has 0 fully saturated rings. The number of hydrogen-bond acceptors (Lipinski definition) is 8. The molecule has 0 aliphatic carbocycles. The average molecular weight is 589 g/mol. The lowest BCUT2D eigenvalue weighted by molar-refractivity contribution is -0.127. The van der Waals surface area contributed by atoms with Crippen molar-refractivity contribution in [2.75, 3.05) is 19.8 Å². The number of rotatable bonds is 7. The second-order valence-electron chi connectivity index (χ2n) is 10.0. The van der Waals surface area contributed by atoms with Crippen LogP contribution in [0.25, 0.3) is 43.9 Å². The first kappa shape index (κ1) is 27.6. The Bertz CT molecular complexity index is 1850. The molecule has 0 spiro atoms. The number of carbonyl (C=O) groups is 1. The summed E-state index contributed by atoms with van der Waals surface area (Å²) in [5.74, 6) is -1.89. The standard InChI is InChI=1S/C30H26F2N6O3S/c1-4-25(40)37-14-17(3)38-20(15-37)12-23(36-38)29-27(26-22(32)10-19(31)11-24(26)41-7-6-39)30-21(5-8-42-30)28(34-29)18-9-16(2)35-33-13-18/h4-5,8-13,17,39H,1,6-7,14-15H2,2-3H3/t17-/m0/s1. The van der Waals surface area contributed by atoms with Gasteiger partial charge < -0.3 is 14.7 Å². The van der Waals surface area contributed by atoms with Crippen molar-refractivity contribution in [3.63, 3.8) is 0 Å². The SMILES string of the molecule is C=CC(=O)N1Cc2cc(-c3nc(-c4cnnc(C)c4)c4ccsc4c3-c3c(F)cc(F)cc3OCCO)nn2[C@@H](C)C1. The zero-order valence-electron chi connectivity index (χ0n) is 22.8. The van der Waals surface area contributed by atoms with Gasteiger partial charge in [0.25, 0.3) is 0 Å². The molecule has 0 bridgehead atoms. The lowest BCUT2D eigenvalue weighted by Crippen LogP contribution is -2.39. The zero-order valence-corrected chi connectivity index (χ0v) is 23.7. The monoisotopic (exact) mass is 588 g/mol. The van der Waals surface area contributed by atoms with Gasteiger partial charge in [-0.1, -0.05) is 6.58 Å². The topological polar surface area (TPSA) is 106 Å². The Morgan fingerprint density at radius 2 is 2.07 bits per heavy atom. The van der Waals surface area contributed by atoms with Crippen molar-refractivity contribution in [2.24, 2.45) is 0 Å². The number of aromatic nitrogens is 5. The van der Waals surface area contributed by atoms with Gasteiger partial charge in [0.15, 0.2) is 0 Å². The normalized spacial score (nSPS) is 14.7. The van der Waals surface area contributed by atoms with Crippen LogP contribution < -0.4 is 4.74 Å². The van der Waals surface area contributed by atoms with E-state index in [4.69, 9.17) is 14.8 Å². The lowest BCUT2D eigenvalue weighted by Gasteiger charge is -2.31. The van der Waals surface area contributed by atoms with Gasteiger partial charge in [0.05, 0.1) is 48.0 Å². The number of halogens is 2. The number of aliphatic hydroxyl groups excluding tert-OH is 1. The second-order valence-corrected chi connectivity index (χ2v) is 10.9. The Labute approximate surface area is 243 Å². The molecule has 1 atom stereocenters. The maximum atomic E-state index is 15.8. The number of ether oxygens (including phenoxy) is 1. The first-order valence-electron chi connectivity index (χ1n) is 13.2. The predicted octanol–water partition coefficient (Wildman–Crippen LogP) is 5.33. The molecule has 5 aromatic rings. The van der Waals surface area contributed by atoms with E-state index in [1.54, 1.807) is 11.1 Å². The first-order valence-corrected chi connectivity index (χ1v) is 14.1. The van der Waals surface area contributed by atoms with Gasteiger partial charge in [0.2, 0.25) is 5.91 Å². The molecule has 12 heteroatoms. The van der Waals surface area contributed by atoms with Crippen molar-refractivity contribution in [3.05, 3.63) is 77.6 Å². The average Bonchev–Trinajstić information content (AvgIpc) is 3.63. The fraction of sp³-hybridized carbons (Fsp3) is 0.233. The van der Waals surface area contributed by atoms with Crippen LogP contribution in [0.4, 0.5) is 8.78 Å². The molecule has 6 rings (SSSR count). The number of nitrogens with zero attached hydrogens (tertiary/aromatic N) is 6. The molecule has 0 saturated heterocycles. The van der Waals surface area contributed by atoms with Crippen LogP contribution in [-0.4, -0.2) is 60.6 Å². The number of pyridine rings is 1. The van der Waals surface area contributed by atoms with Crippen LogP contribution in [0.3, 0.4) is 0 Å². The molecule has 9 nitrogen and oxygen atoms in total. The number of benzene rings is 1. The molecule has 1 aliphatic heterocycles. The van der Waals surface area contributed by atoms with E-state index in [-0.39, 0.29) is 36.5 Å². The molecule has 0 radical (unpaired) electrons. The smallest absolute Gasteiger partial charge is 0.246 e. The van der Waals surface area contributed by atoms with Gasteiger partial charge in [-0.05, 0) is 43.5 Å². The highest BCUT2D eigenvalue weighted by molar-refractivity contribution is 7.18. The molecule has 0 unspecified atom stereocenters. The Hall–Kier alpha value is -4.55. The van der Waals surface area contributed by atoms with E-state index in [1.165, 1.54) is 17.4 Å². The number of hydrogen-bond donors (Lipinski definition) is 1. The summed E-state index contributed by atoms with van der Waals surface area (Å²) >= 11 is 1.38. The molecule has 1 aliphatic rings. The lowest BCUT2D eigenvalue weighted by atomic mass is 9.96. The minimum Gasteiger partial charge on any atom is -0.490 e. The first-order chi connectivity index (χ1) is 20.3. The maximum Gasteiger partial charge on any atom is 0.246 e. The van der Waals surface area contributed by atoms with Gasteiger partial charge in [-0.15, -0.1) is 11.3 Å². The summed E-state index contributed by atoms with van der Waals surface area (Å²) in [6, 6.07) is 7.34. The number of amides is 1. The quantitative estimate of drug-likeness (QED) is 0.256. The van der Waals surface area contributed by atoms with Gasteiger partial charge >= 0.3 is 0 Å². The third-order valence-corrected chi connectivity index (χ3v) is 8.00. The van der Waals surface area contributed by atoms with E-state index >= 15 is 4.39 Å². The van der Waals surface area contributed by atoms with Gasteiger partial charge in [-0.2, -0.15) is 15.3 Å². The molecular weight excluding hydrogens is 562 g/mol. The van der Waals surface area contributed by atoms with Gasteiger partial charge in [-0.25, -0.2) is 13.8 Å². The maximum absolute atomic E-state index is 15.8. The highest BCUT2D eigenvalue weighted by Crippen LogP contribution is 2.47. The van der Waals surface area contributed by atoms with Crippen molar-refractivity contribution in [1.82, 2.24) is 29.9 Å². The fourth-order valence-corrected chi connectivity index (χ4v) is 6.28. The summed E-state index contributed by atoms with van der Waals surface area (Å²) in [5.41, 5.74) is 3.99. The molecule has 5 heterocycles. The molecular formula is C30H26F2N6O3S. The van der Waals surface area contributed by atoms with Crippen LogP contribution in [0.5, 0.6) is 5.75 Å². The Morgan fingerprint density at radius 1 is 1.24 bits per heavy atom. The molecule has 0 saturated carbocycles. The van der Waals surface area contributed by atoms with Gasteiger partial charge in [0.1, 0.15) is 35.4 Å². The van der Waals surface area contributed by atoms with Crippen LogP contribution in [0.2, 0.25) is 0 Å². The molecule has 42 heavy (non-hydrogen) atoms. The Morgan fingerprint density at radius 3 is 2.83 bits per heavy atom. The van der Waals surface area contributed by atoms with E-state index in [0.29, 0.717) is 46.1 Å². The minimum absolute atomic E-state index is 0.0119. The van der Waals surface area contributed by atoms with Crippen molar-refractivity contribution in [2.45, 2.75) is 26.4 Å². The summed E-state index contributed by atoms with van der Waals surface area (Å²) in [5, 5.41) is 25.1. The fourth-order valence-electron chi connectivity index (χ4n) is 5.33. The number of aryl methyl sites for hydroxylation is 1. The van der Waals surface area contributed by atoms with Crippen LogP contribution in [0.1, 0.15) is 24.4 Å². The highest BCUT2D eigenvalue weighted by atomic mass is 32.1. The van der Waals surface area contributed by atoms with E-state index in [9.17, 15) is 14.3 Å².